The first-order valence-electron chi connectivity index (χ1n) is 5.39. The number of sulfonamides is 1. The molecule has 106 valence electrons. The van der Waals surface area contributed by atoms with Crippen molar-refractivity contribution in [1.82, 2.24) is 9.88 Å². The Balaban J connectivity index is 2.28. The quantitative estimate of drug-likeness (QED) is 0.804. The number of rotatable bonds is 5. The summed E-state index contributed by atoms with van der Waals surface area (Å²) in [4.78, 5) is -0.00247. The van der Waals surface area contributed by atoms with Crippen LogP contribution in [0.1, 0.15) is 11.3 Å². The summed E-state index contributed by atoms with van der Waals surface area (Å²) in [7, 11) is -3.81. The third-order valence-electron chi connectivity index (χ3n) is 2.43. The lowest BCUT2D eigenvalue weighted by Gasteiger charge is -2.08. The van der Waals surface area contributed by atoms with Crippen molar-refractivity contribution in [3.63, 3.8) is 0 Å². The molecule has 0 aliphatic carbocycles. The zero-order chi connectivity index (χ0) is 14.8. The summed E-state index contributed by atoms with van der Waals surface area (Å²) < 4.78 is 31.5. The van der Waals surface area contributed by atoms with E-state index < -0.39 is 10.0 Å². The molecule has 6 nitrogen and oxygen atoms in total. The van der Waals surface area contributed by atoms with Crippen LogP contribution in [0.2, 0.25) is 5.02 Å². The summed E-state index contributed by atoms with van der Waals surface area (Å²) in [5.41, 5.74) is 5.90. The maximum Gasteiger partial charge on any atom is 0.242 e. The number of nitrogens with one attached hydrogen (secondary N) is 1. The number of hydrogen-bond acceptors (Lipinski definition) is 5. The maximum absolute atomic E-state index is 12.2. The van der Waals surface area contributed by atoms with E-state index in [2.05, 4.69) is 9.88 Å². The molecule has 1 heterocycles. The molecule has 0 saturated carbocycles. The Morgan fingerprint density at radius 2 is 2.20 bits per heavy atom. The van der Waals surface area contributed by atoms with Gasteiger partial charge in [0.2, 0.25) is 10.0 Å². The first-order chi connectivity index (χ1) is 9.40. The standard InChI is InChI=1S/C11H10ClN3O3S2/c12-9-2-1-7(11(13)19)5-10(9)20(16,17)15-6-8-3-4-14-18-8/h1-5,15H,6H2,(H2,13,19). The summed E-state index contributed by atoms with van der Waals surface area (Å²) in [6, 6.07) is 5.86. The van der Waals surface area contributed by atoms with Crippen molar-refractivity contribution in [3.8, 4) is 0 Å². The molecular weight excluding hydrogens is 322 g/mol. The van der Waals surface area contributed by atoms with Gasteiger partial charge in [0, 0.05) is 11.6 Å². The highest BCUT2D eigenvalue weighted by Crippen LogP contribution is 2.22. The van der Waals surface area contributed by atoms with Gasteiger partial charge in [-0.2, -0.15) is 0 Å². The maximum atomic E-state index is 12.2. The van der Waals surface area contributed by atoms with Gasteiger partial charge in [0.15, 0.2) is 5.76 Å². The molecule has 2 aromatic rings. The van der Waals surface area contributed by atoms with Gasteiger partial charge in [-0.25, -0.2) is 13.1 Å². The molecule has 2 rings (SSSR count). The number of halogens is 1. The minimum atomic E-state index is -3.81. The fraction of sp³-hybridized carbons (Fsp3) is 0.0909. The number of nitrogens with two attached hydrogens (primary N) is 1. The molecule has 20 heavy (non-hydrogen) atoms. The van der Waals surface area contributed by atoms with Gasteiger partial charge in [-0.15, -0.1) is 0 Å². The summed E-state index contributed by atoms with van der Waals surface area (Å²) >= 11 is 10.7. The Morgan fingerprint density at radius 1 is 1.45 bits per heavy atom. The van der Waals surface area contributed by atoms with Gasteiger partial charge >= 0.3 is 0 Å². The van der Waals surface area contributed by atoms with Crippen LogP contribution in [-0.4, -0.2) is 18.6 Å². The summed E-state index contributed by atoms with van der Waals surface area (Å²) in [6.45, 7) is -0.0318. The molecule has 0 unspecified atom stereocenters. The van der Waals surface area contributed by atoms with Crippen LogP contribution in [0.3, 0.4) is 0 Å². The molecule has 0 aliphatic heterocycles. The Morgan fingerprint density at radius 3 is 2.80 bits per heavy atom. The van der Waals surface area contributed by atoms with Crippen LogP contribution < -0.4 is 10.5 Å². The van der Waals surface area contributed by atoms with Crippen LogP contribution in [0.4, 0.5) is 0 Å². The van der Waals surface area contributed by atoms with Crippen molar-refractivity contribution in [2.24, 2.45) is 5.73 Å². The zero-order valence-corrected chi connectivity index (χ0v) is 12.4. The molecule has 1 aromatic carbocycles. The minimum Gasteiger partial charge on any atom is -0.389 e. The highest BCUT2D eigenvalue weighted by atomic mass is 35.5. The van der Waals surface area contributed by atoms with E-state index >= 15 is 0 Å². The van der Waals surface area contributed by atoms with Crippen molar-refractivity contribution in [2.75, 3.05) is 0 Å². The molecule has 0 bridgehead atoms. The SMILES string of the molecule is NC(=S)c1ccc(Cl)c(S(=O)(=O)NCc2ccno2)c1. The Bertz CT molecular complexity index is 729. The normalized spacial score (nSPS) is 11.4. The molecule has 0 spiro atoms. The molecule has 0 radical (unpaired) electrons. The topological polar surface area (TPSA) is 98.2 Å². The van der Waals surface area contributed by atoms with Crippen molar-refractivity contribution >= 4 is 38.8 Å². The third kappa shape index (κ3) is 3.34. The molecule has 9 heteroatoms. The van der Waals surface area contributed by atoms with Crippen molar-refractivity contribution in [2.45, 2.75) is 11.4 Å². The third-order valence-corrected chi connectivity index (χ3v) is 4.55. The van der Waals surface area contributed by atoms with E-state index in [1.807, 2.05) is 0 Å². The molecule has 0 saturated heterocycles. The van der Waals surface area contributed by atoms with E-state index in [4.69, 9.17) is 34.1 Å². The number of aromatic nitrogens is 1. The summed E-state index contributed by atoms with van der Waals surface area (Å²) in [5.74, 6) is 0.384. The van der Waals surface area contributed by atoms with Gasteiger partial charge in [0.1, 0.15) is 9.88 Å². The van der Waals surface area contributed by atoms with E-state index in [0.29, 0.717) is 11.3 Å². The predicted octanol–water partition coefficient (Wildman–Crippen LogP) is 1.44. The number of thiocarbonyl (C=S) groups is 1. The van der Waals surface area contributed by atoms with Crippen LogP contribution in [0, 0.1) is 0 Å². The second-order valence-corrected chi connectivity index (χ2v) is 6.40. The summed E-state index contributed by atoms with van der Waals surface area (Å²) in [6.07, 6.45) is 1.42. The average Bonchev–Trinajstić information content (AvgIpc) is 2.89. The van der Waals surface area contributed by atoms with E-state index in [9.17, 15) is 8.42 Å². The highest BCUT2D eigenvalue weighted by molar-refractivity contribution is 7.89. The average molecular weight is 332 g/mol. The molecule has 0 fully saturated rings. The van der Waals surface area contributed by atoms with Crippen LogP contribution in [-0.2, 0) is 16.6 Å². The fourth-order valence-corrected chi connectivity index (χ4v) is 3.08. The van der Waals surface area contributed by atoms with Gasteiger partial charge in [0.25, 0.3) is 0 Å². The van der Waals surface area contributed by atoms with Crippen molar-refractivity contribution in [3.05, 3.63) is 46.8 Å². The first kappa shape index (κ1) is 14.9. The van der Waals surface area contributed by atoms with Gasteiger partial charge in [-0.3, -0.25) is 0 Å². The molecule has 3 N–H and O–H groups in total. The number of hydrogen-bond donors (Lipinski definition) is 2. The van der Waals surface area contributed by atoms with Gasteiger partial charge in [-0.1, -0.05) is 35.0 Å². The van der Waals surface area contributed by atoms with E-state index in [1.165, 1.54) is 18.3 Å². The number of benzene rings is 1. The van der Waals surface area contributed by atoms with Crippen LogP contribution >= 0.6 is 23.8 Å². The van der Waals surface area contributed by atoms with E-state index in [0.717, 1.165) is 0 Å². The number of nitrogens with zero attached hydrogens (tertiary/aromatic N) is 1. The molecule has 1 aromatic heterocycles. The second kappa shape index (κ2) is 5.88. The lowest BCUT2D eigenvalue weighted by Crippen LogP contribution is -2.24. The van der Waals surface area contributed by atoms with E-state index in [-0.39, 0.29) is 21.5 Å². The molecule has 0 amide bonds. The van der Waals surface area contributed by atoms with Gasteiger partial charge < -0.3 is 10.3 Å². The molecule has 0 aliphatic rings. The van der Waals surface area contributed by atoms with Crippen LogP contribution in [0.15, 0.2) is 39.9 Å². The molecule has 0 atom stereocenters. The molecular formula is C11H10ClN3O3S2. The lowest BCUT2D eigenvalue weighted by molar-refractivity contribution is 0.380. The predicted molar refractivity (Wildman–Crippen MR) is 77.9 cm³/mol. The first-order valence-corrected chi connectivity index (χ1v) is 7.65. The Labute approximate surface area is 125 Å². The minimum absolute atomic E-state index is 0.0318. The van der Waals surface area contributed by atoms with Gasteiger partial charge in [0.05, 0.1) is 17.8 Å². The Hall–Kier alpha value is -1.48. The summed E-state index contributed by atoms with van der Waals surface area (Å²) in [5, 5.41) is 3.56. The second-order valence-electron chi connectivity index (χ2n) is 3.81. The van der Waals surface area contributed by atoms with Gasteiger partial charge in [-0.05, 0) is 12.1 Å². The smallest absolute Gasteiger partial charge is 0.242 e. The zero-order valence-electron chi connectivity index (χ0n) is 10.0. The largest absolute Gasteiger partial charge is 0.389 e. The Kier molecular flexibility index (Phi) is 4.39. The monoisotopic (exact) mass is 331 g/mol. The lowest BCUT2D eigenvalue weighted by atomic mass is 10.2. The van der Waals surface area contributed by atoms with Crippen molar-refractivity contribution in [1.29, 1.82) is 0 Å². The van der Waals surface area contributed by atoms with Crippen LogP contribution in [0.25, 0.3) is 0 Å². The fourth-order valence-electron chi connectivity index (χ4n) is 1.44. The van der Waals surface area contributed by atoms with Crippen LogP contribution in [0.5, 0.6) is 0 Å². The highest BCUT2D eigenvalue weighted by Gasteiger charge is 2.19. The van der Waals surface area contributed by atoms with Crippen molar-refractivity contribution < 1.29 is 12.9 Å². The van der Waals surface area contributed by atoms with E-state index in [1.54, 1.807) is 12.1 Å².